The molecule has 2 aromatic rings. The maximum atomic E-state index is 13.2. The zero-order chi connectivity index (χ0) is 21.7. The first-order chi connectivity index (χ1) is 14.3. The van der Waals surface area contributed by atoms with Crippen molar-refractivity contribution < 1.29 is 9.50 Å². The molecule has 4 nitrogen and oxygen atoms in total. The van der Waals surface area contributed by atoms with Gasteiger partial charge in [0.25, 0.3) is 0 Å². The van der Waals surface area contributed by atoms with E-state index < -0.39 is 5.60 Å². The third-order valence-corrected chi connectivity index (χ3v) is 6.33. The van der Waals surface area contributed by atoms with E-state index in [1.807, 2.05) is 32.3 Å². The summed E-state index contributed by atoms with van der Waals surface area (Å²) >= 11 is 6.15. The topological polar surface area (TPSA) is 50.5 Å². The number of benzene rings is 2. The molecule has 1 saturated heterocycles. The summed E-state index contributed by atoms with van der Waals surface area (Å²) in [6, 6.07) is 14.1. The Balaban J connectivity index is 1.67. The van der Waals surface area contributed by atoms with Crippen LogP contribution in [-0.4, -0.2) is 55.2 Å². The van der Waals surface area contributed by atoms with Crippen LogP contribution in [0.25, 0.3) is 0 Å². The van der Waals surface area contributed by atoms with Crippen molar-refractivity contribution in [2.24, 2.45) is 5.92 Å². The molecule has 2 aromatic carbocycles. The van der Waals surface area contributed by atoms with Crippen molar-refractivity contribution in [3.05, 3.63) is 70.0 Å². The van der Waals surface area contributed by atoms with Gasteiger partial charge in [-0.05, 0) is 75.3 Å². The van der Waals surface area contributed by atoms with Gasteiger partial charge in [-0.25, -0.2) is 4.39 Å². The van der Waals surface area contributed by atoms with Gasteiger partial charge in [0.05, 0.1) is 17.2 Å². The lowest BCUT2D eigenvalue weighted by Gasteiger charge is -2.46. The highest BCUT2D eigenvalue weighted by atomic mass is 35.5. The highest BCUT2D eigenvalue weighted by Crippen LogP contribution is 2.38. The SMILES string of the molecule is CN(C)CC1CN(CCCc2ccc(F)cc2Cl)CCC1(O)c1cccc(C#N)c1. The number of hydrogen-bond acceptors (Lipinski definition) is 4. The van der Waals surface area contributed by atoms with Gasteiger partial charge in [0.2, 0.25) is 0 Å². The lowest BCUT2D eigenvalue weighted by Crippen LogP contribution is -2.53. The molecule has 1 heterocycles. The molecule has 1 N–H and O–H groups in total. The summed E-state index contributed by atoms with van der Waals surface area (Å²) in [5, 5.41) is 21.4. The molecule has 1 aliphatic rings. The third-order valence-electron chi connectivity index (χ3n) is 5.98. The maximum absolute atomic E-state index is 13.2. The first-order valence-corrected chi connectivity index (χ1v) is 10.7. The van der Waals surface area contributed by atoms with E-state index in [0.717, 1.165) is 50.1 Å². The van der Waals surface area contributed by atoms with Crippen molar-refractivity contribution in [2.45, 2.75) is 24.9 Å². The van der Waals surface area contributed by atoms with Crippen LogP contribution >= 0.6 is 11.6 Å². The summed E-state index contributed by atoms with van der Waals surface area (Å²) in [5.41, 5.74) is 1.41. The Morgan fingerprint density at radius 3 is 2.80 bits per heavy atom. The molecule has 2 atom stereocenters. The minimum absolute atomic E-state index is 0.0320. The molecular formula is C24H29ClFN3O. The molecule has 1 aliphatic heterocycles. The zero-order valence-electron chi connectivity index (χ0n) is 17.6. The van der Waals surface area contributed by atoms with Crippen LogP contribution in [0, 0.1) is 23.1 Å². The number of nitriles is 1. The van der Waals surface area contributed by atoms with Gasteiger partial charge in [-0.2, -0.15) is 5.26 Å². The summed E-state index contributed by atoms with van der Waals surface area (Å²) in [7, 11) is 4.03. The smallest absolute Gasteiger partial charge is 0.124 e. The molecule has 6 heteroatoms. The number of aryl methyl sites for hydroxylation is 1. The van der Waals surface area contributed by atoms with E-state index in [2.05, 4.69) is 15.9 Å². The monoisotopic (exact) mass is 429 g/mol. The highest BCUT2D eigenvalue weighted by Gasteiger charge is 2.42. The van der Waals surface area contributed by atoms with Gasteiger partial charge < -0.3 is 14.9 Å². The molecule has 0 amide bonds. The van der Waals surface area contributed by atoms with E-state index in [9.17, 15) is 14.8 Å². The minimum atomic E-state index is -0.951. The number of nitrogens with zero attached hydrogens (tertiary/aromatic N) is 3. The quantitative estimate of drug-likeness (QED) is 0.721. The molecule has 0 aromatic heterocycles. The summed E-state index contributed by atoms with van der Waals surface area (Å²) < 4.78 is 13.2. The van der Waals surface area contributed by atoms with Crippen molar-refractivity contribution >= 4 is 11.6 Å². The fourth-order valence-corrected chi connectivity index (χ4v) is 4.66. The van der Waals surface area contributed by atoms with Crippen molar-refractivity contribution in [3.63, 3.8) is 0 Å². The van der Waals surface area contributed by atoms with Crippen LogP contribution in [0.5, 0.6) is 0 Å². The molecule has 0 saturated carbocycles. The first-order valence-electron chi connectivity index (χ1n) is 10.4. The molecule has 160 valence electrons. The standard InChI is InChI=1S/C24H29ClFN3O/c1-28(2)16-21-17-29(11-4-6-19-8-9-22(26)14-23(19)25)12-10-24(21,30)20-7-3-5-18(13-20)15-27/h3,5,7-9,13-14,21,30H,4,6,10-12,16-17H2,1-2H3. The lowest BCUT2D eigenvalue weighted by molar-refractivity contribution is -0.0846. The Hall–Kier alpha value is -1.97. The Morgan fingerprint density at radius 2 is 2.10 bits per heavy atom. The van der Waals surface area contributed by atoms with Crippen LogP contribution in [0.4, 0.5) is 4.39 Å². The number of hydrogen-bond donors (Lipinski definition) is 1. The minimum Gasteiger partial charge on any atom is -0.385 e. The number of rotatable bonds is 7. The first kappa shape index (κ1) is 22.7. The molecule has 0 bridgehead atoms. The van der Waals surface area contributed by atoms with E-state index in [4.69, 9.17) is 11.6 Å². The van der Waals surface area contributed by atoms with Crippen LogP contribution in [0.2, 0.25) is 5.02 Å². The summed E-state index contributed by atoms with van der Waals surface area (Å²) in [5.74, 6) is -0.282. The van der Waals surface area contributed by atoms with Gasteiger partial charge in [0.1, 0.15) is 5.82 Å². The molecule has 2 unspecified atom stereocenters. The third kappa shape index (κ3) is 5.39. The molecule has 0 aliphatic carbocycles. The van der Waals surface area contributed by atoms with Crippen LogP contribution in [0.15, 0.2) is 42.5 Å². The van der Waals surface area contributed by atoms with Gasteiger partial charge in [-0.3, -0.25) is 0 Å². The Labute approximate surface area is 183 Å². The average Bonchev–Trinajstić information content (AvgIpc) is 2.71. The van der Waals surface area contributed by atoms with Crippen molar-refractivity contribution in [1.82, 2.24) is 9.80 Å². The Morgan fingerprint density at radius 1 is 1.30 bits per heavy atom. The van der Waals surface area contributed by atoms with Gasteiger partial charge >= 0.3 is 0 Å². The fourth-order valence-electron chi connectivity index (χ4n) is 4.39. The summed E-state index contributed by atoms with van der Waals surface area (Å²) in [4.78, 5) is 4.49. The Bertz CT molecular complexity index is 914. The van der Waals surface area contributed by atoms with Gasteiger partial charge in [-0.15, -0.1) is 0 Å². The molecule has 3 rings (SSSR count). The van der Waals surface area contributed by atoms with Gasteiger partial charge in [-0.1, -0.05) is 29.8 Å². The van der Waals surface area contributed by atoms with Gasteiger partial charge in [0.15, 0.2) is 0 Å². The lowest BCUT2D eigenvalue weighted by atomic mass is 9.75. The number of likely N-dealkylation sites (tertiary alicyclic amines) is 1. The second kappa shape index (κ2) is 9.89. The molecule has 30 heavy (non-hydrogen) atoms. The Kier molecular flexibility index (Phi) is 7.49. The van der Waals surface area contributed by atoms with Crippen LogP contribution in [-0.2, 0) is 12.0 Å². The summed E-state index contributed by atoms with van der Waals surface area (Å²) in [6.45, 7) is 3.22. The predicted octanol–water partition coefficient (Wildman–Crippen LogP) is 4.05. The van der Waals surface area contributed by atoms with Crippen molar-refractivity contribution in [2.75, 3.05) is 40.3 Å². The highest BCUT2D eigenvalue weighted by molar-refractivity contribution is 6.31. The maximum Gasteiger partial charge on any atom is 0.124 e. The molecule has 1 fully saturated rings. The van der Waals surface area contributed by atoms with Crippen molar-refractivity contribution in [1.29, 1.82) is 5.26 Å². The number of aliphatic hydroxyl groups is 1. The van der Waals surface area contributed by atoms with E-state index in [0.29, 0.717) is 17.0 Å². The van der Waals surface area contributed by atoms with Crippen LogP contribution in [0.1, 0.15) is 29.5 Å². The van der Waals surface area contributed by atoms with Gasteiger partial charge in [0, 0.05) is 30.6 Å². The fraction of sp³-hybridized carbons (Fsp3) is 0.458. The normalized spacial score (nSPS) is 22.2. The van der Waals surface area contributed by atoms with Crippen LogP contribution < -0.4 is 0 Å². The van der Waals surface area contributed by atoms with E-state index >= 15 is 0 Å². The largest absolute Gasteiger partial charge is 0.385 e. The second-order valence-corrected chi connectivity index (χ2v) is 8.87. The average molecular weight is 430 g/mol. The van der Waals surface area contributed by atoms with Crippen LogP contribution in [0.3, 0.4) is 0 Å². The molecule has 0 radical (unpaired) electrons. The van der Waals surface area contributed by atoms with E-state index in [-0.39, 0.29) is 11.7 Å². The number of halogens is 2. The predicted molar refractivity (Wildman–Crippen MR) is 118 cm³/mol. The number of piperidine rings is 1. The molecular weight excluding hydrogens is 401 g/mol. The zero-order valence-corrected chi connectivity index (χ0v) is 18.4. The van der Waals surface area contributed by atoms with E-state index in [1.165, 1.54) is 12.1 Å². The van der Waals surface area contributed by atoms with E-state index in [1.54, 1.807) is 12.1 Å². The summed E-state index contributed by atoms with van der Waals surface area (Å²) in [6.07, 6.45) is 2.34. The van der Waals surface area contributed by atoms with Crippen molar-refractivity contribution in [3.8, 4) is 6.07 Å². The molecule has 0 spiro atoms. The second-order valence-electron chi connectivity index (χ2n) is 8.47.